The average Bonchev–Trinajstić information content (AvgIpc) is 2.39. The van der Waals surface area contributed by atoms with Gasteiger partial charge >= 0.3 is 0 Å². The first-order chi connectivity index (χ1) is 8.67. The highest BCUT2D eigenvalue weighted by molar-refractivity contribution is 5.80. The first-order valence-corrected chi connectivity index (χ1v) is 6.44. The Morgan fingerprint density at radius 1 is 1.39 bits per heavy atom. The molecule has 0 aliphatic carbocycles. The molecule has 1 rings (SSSR count). The van der Waals surface area contributed by atoms with Gasteiger partial charge in [-0.2, -0.15) is 0 Å². The fraction of sp³-hybridized carbons (Fsp3) is 0.500. The van der Waals surface area contributed by atoms with Gasteiger partial charge in [0.05, 0.1) is 0 Å². The number of nitrogens with two attached hydrogens (primary N) is 1. The number of oxime groups is 1. The molecule has 0 spiro atoms. The predicted octanol–water partition coefficient (Wildman–Crippen LogP) is 2.64. The van der Waals surface area contributed by atoms with E-state index in [4.69, 9.17) is 10.9 Å². The van der Waals surface area contributed by atoms with Crippen molar-refractivity contribution < 1.29 is 5.21 Å². The Labute approximate surface area is 109 Å². The Balaban J connectivity index is 2.75. The minimum Gasteiger partial charge on any atom is -0.409 e. The van der Waals surface area contributed by atoms with Crippen molar-refractivity contribution in [2.75, 3.05) is 0 Å². The van der Waals surface area contributed by atoms with Gasteiger partial charge in [-0.3, -0.25) is 0 Å². The summed E-state index contributed by atoms with van der Waals surface area (Å²) in [6, 6.07) is 10.6. The lowest BCUT2D eigenvalue weighted by Crippen LogP contribution is -2.33. The number of hydrogen-bond acceptors (Lipinski definition) is 3. The van der Waals surface area contributed by atoms with Gasteiger partial charge in [0, 0.05) is 18.5 Å². The van der Waals surface area contributed by atoms with Crippen molar-refractivity contribution >= 4 is 5.84 Å². The molecule has 18 heavy (non-hydrogen) atoms. The van der Waals surface area contributed by atoms with Gasteiger partial charge in [-0.05, 0) is 18.9 Å². The molecule has 100 valence electrons. The summed E-state index contributed by atoms with van der Waals surface area (Å²) in [5.41, 5.74) is 6.78. The highest BCUT2D eigenvalue weighted by atomic mass is 16.4. The van der Waals surface area contributed by atoms with Crippen LogP contribution in [0.1, 0.15) is 44.7 Å². The third-order valence-electron chi connectivity index (χ3n) is 2.95. The summed E-state index contributed by atoms with van der Waals surface area (Å²) in [6.45, 7) is 4.32. The standard InChI is InChI=1S/C14H23N3O/c1-3-7-11(2)16-13(10-14(15)17-18)12-8-5-4-6-9-12/h4-6,8-9,11,13,16,18H,3,7,10H2,1-2H3,(H2,15,17). The molecule has 4 N–H and O–H groups in total. The van der Waals surface area contributed by atoms with Crippen LogP contribution in [0.25, 0.3) is 0 Å². The first-order valence-electron chi connectivity index (χ1n) is 6.44. The molecule has 0 aromatic heterocycles. The van der Waals surface area contributed by atoms with E-state index < -0.39 is 0 Å². The van der Waals surface area contributed by atoms with Crippen LogP contribution in [0.2, 0.25) is 0 Å². The molecule has 0 aliphatic rings. The Hall–Kier alpha value is -1.55. The van der Waals surface area contributed by atoms with E-state index in [2.05, 4.69) is 36.5 Å². The summed E-state index contributed by atoms with van der Waals surface area (Å²) in [5.74, 6) is 0.250. The molecule has 0 amide bonds. The molecular weight excluding hydrogens is 226 g/mol. The van der Waals surface area contributed by atoms with Crippen LogP contribution in [0.15, 0.2) is 35.5 Å². The van der Waals surface area contributed by atoms with Crippen LogP contribution in [-0.2, 0) is 0 Å². The molecule has 0 saturated carbocycles. The van der Waals surface area contributed by atoms with E-state index in [-0.39, 0.29) is 11.9 Å². The Morgan fingerprint density at radius 3 is 2.61 bits per heavy atom. The minimum absolute atomic E-state index is 0.0867. The topological polar surface area (TPSA) is 70.6 Å². The number of rotatable bonds is 7. The lowest BCUT2D eigenvalue weighted by molar-refractivity contribution is 0.315. The van der Waals surface area contributed by atoms with Gasteiger partial charge in [-0.15, -0.1) is 0 Å². The van der Waals surface area contributed by atoms with E-state index in [9.17, 15) is 0 Å². The van der Waals surface area contributed by atoms with E-state index in [0.717, 1.165) is 18.4 Å². The molecule has 0 bridgehead atoms. The van der Waals surface area contributed by atoms with Crippen molar-refractivity contribution in [3.63, 3.8) is 0 Å². The van der Waals surface area contributed by atoms with Crippen molar-refractivity contribution in [1.29, 1.82) is 0 Å². The lowest BCUT2D eigenvalue weighted by atomic mass is 10.0. The second-order valence-electron chi connectivity index (χ2n) is 4.62. The highest BCUT2D eigenvalue weighted by Crippen LogP contribution is 2.18. The maximum Gasteiger partial charge on any atom is 0.141 e. The van der Waals surface area contributed by atoms with Crippen molar-refractivity contribution in [2.24, 2.45) is 10.9 Å². The van der Waals surface area contributed by atoms with Crippen LogP contribution in [0.3, 0.4) is 0 Å². The molecule has 0 fully saturated rings. The fourth-order valence-corrected chi connectivity index (χ4v) is 2.07. The molecule has 0 aliphatic heterocycles. The zero-order valence-electron chi connectivity index (χ0n) is 11.1. The number of benzene rings is 1. The molecule has 0 saturated heterocycles. The maximum absolute atomic E-state index is 8.70. The highest BCUT2D eigenvalue weighted by Gasteiger charge is 2.15. The zero-order valence-corrected chi connectivity index (χ0v) is 11.1. The normalized spacial score (nSPS) is 15.3. The Morgan fingerprint density at radius 2 is 2.06 bits per heavy atom. The molecule has 1 aromatic carbocycles. The van der Waals surface area contributed by atoms with Gasteiger partial charge in [0.2, 0.25) is 0 Å². The van der Waals surface area contributed by atoms with Gasteiger partial charge in [0.25, 0.3) is 0 Å². The van der Waals surface area contributed by atoms with Crippen molar-refractivity contribution in [3.8, 4) is 0 Å². The molecule has 1 aromatic rings. The number of nitrogens with zero attached hydrogens (tertiary/aromatic N) is 1. The zero-order chi connectivity index (χ0) is 13.4. The third kappa shape index (κ3) is 4.75. The van der Waals surface area contributed by atoms with E-state index in [1.54, 1.807) is 0 Å². The monoisotopic (exact) mass is 249 g/mol. The Bertz CT molecular complexity index is 365. The van der Waals surface area contributed by atoms with Crippen molar-refractivity contribution in [3.05, 3.63) is 35.9 Å². The van der Waals surface area contributed by atoms with Crippen LogP contribution in [0.4, 0.5) is 0 Å². The lowest BCUT2D eigenvalue weighted by Gasteiger charge is -2.23. The number of nitrogens with one attached hydrogen (secondary N) is 1. The van der Waals surface area contributed by atoms with Crippen LogP contribution in [0, 0.1) is 0 Å². The van der Waals surface area contributed by atoms with Gasteiger partial charge in [0.15, 0.2) is 0 Å². The van der Waals surface area contributed by atoms with Crippen LogP contribution >= 0.6 is 0 Å². The molecule has 2 atom stereocenters. The van der Waals surface area contributed by atoms with E-state index in [1.807, 2.05) is 18.2 Å². The number of hydrogen-bond donors (Lipinski definition) is 3. The summed E-state index contributed by atoms with van der Waals surface area (Å²) in [7, 11) is 0. The van der Waals surface area contributed by atoms with Crippen LogP contribution in [-0.4, -0.2) is 17.1 Å². The first kappa shape index (κ1) is 14.5. The summed E-state index contributed by atoms with van der Waals surface area (Å²) in [5, 5.41) is 15.3. The van der Waals surface area contributed by atoms with Gasteiger partial charge < -0.3 is 16.3 Å². The summed E-state index contributed by atoms with van der Waals surface area (Å²) >= 11 is 0. The van der Waals surface area contributed by atoms with E-state index in [1.165, 1.54) is 0 Å². The van der Waals surface area contributed by atoms with Crippen LogP contribution in [0.5, 0.6) is 0 Å². The molecule has 2 unspecified atom stereocenters. The summed E-state index contributed by atoms with van der Waals surface area (Å²) < 4.78 is 0. The van der Waals surface area contributed by atoms with Gasteiger partial charge in [-0.1, -0.05) is 48.8 Å². The van der Waals surface area contributed by atoms with Crippen molar-refractivity contribution in [2.45, 2.75) is 45.2 Å². The van der Waals surface area contributed by atoms with E-state index in [0.29, 0.717) is 12.5 Å². The Kier molecular flexibility index (Phi) is 6.22. The van der Waals surface area contributed by atoms with Gasteiger partial charge in [0.1, 0.15) is 5.84 Å². The van der Waals surface area contributed by atoms with Crippen molar-refractivity contribution in [1.82, 2.24) is 5.32 Å². The molecule has 0 radical (unpaired) electrons. The van der Waals surface area contributed by atoms with Crippen LogP contribution < -0.4 is 11.1 Å². The SMILES string of the molecule is CCCC(C)NC(CC(N)=NO)c1ccccc1. The quantitative estimate of drug-likeness (QED) is 0.301. The fourth-order valence-electron chi connectivity index (χ4n) is 2.07. The smallest absolute Gasteiger partial charge is 0.141 e. The number of amidine groups is 1. The van der Waals surface area contributed by atoms with E-state index >= 15 is 0 Å². The molecular formula is C14H23N3O. The second kappa shape index (κ2) is 7.71. The summed E-state index contributed by atoms with van der Waals surface area (Å²) in [6.07, 6.45) is 2.76. The molecule has 4 heteroatoms. The van der Waals surface area contributed by atoms with Gasteiger partial charge in [-0.25, -0.2) is 0 Å². The minimum atomic E-state index is 0.0867. The second-order valence-corrected chi connectivity index (χ2v) is 4.62. The largest absolute Gasteiger partial charge is 0.409 e. The third-order valence-corrected chi connectivity index (χ3v) is 2.95. The predicted molar refractivity (Wildman–Crippen MR) is 74.7 cm³/mol. The molecule has 0 heterocycles. The summed E-state index contributed by atoms with van der Waals surface area (Å²) in [4.78, 5) is 0. The average molecular weight is 249 g/mol. The maximum atomic E-state index is 8.70. The molecule has 4 nitrogen and oxygen atoms in total.